The van der Waals surface area contributed by atoms with Gasteiger partial charge >= 0.3 is 0 Å². The van der Waals surface area contributed by atoms with Crippen LogP contribution in [-0.4, -0.2) is 6.79 Å². The maximum atomic E-state index is 14.2. The highest BCUT2D eigenvalue weighted by atomic mass is 19.1. The summed E-state index contributed by atoms with van der Waals surface area (Å²) < 4.78 is 30.8. The van der Waals surface area contributed by atoms with Gasteiger partial charge in [0.1, 0.15) is 5.75 Å². The zero-order valence-corrected chi connectivity index (χ0v) is 17.1. The molecule has 0 saturated carbocycles. The van der Waals surface area contributed by atoms with Crippen LogP contribution in [0.2, 0.25) is 0 Å². The summed E-state index contributed by atoms with van der Waals surface area (Å²) in [7, 11) is 0. The molecule has 0 fully saturated rings. The van der Waals surface area contributed by atoms with Crippen molar-refractivity contribution in [3.63, 3.8) is 0 Å². The van der Waals surface area contributed by atoms with E-state index in [0.29, 0.717) is 5.75 Å². The van der Waals surface area contributed by atoms with Crippen molar-refractivity contribution < 1.29 is 18.6 Å². The molecular formula is C26H25FO3. The quantitative estimate of drug-likeness (QED) is 0.386. The molecule has 154 valence electrons. The van der Waals surface area contributed by atoms with Crippen molar-refractivity contribution in [2.75, 3.05) is 6.79 Å². The average Bonchev–Trinajstić information content (AvgIpc) is 3.24. The van der Waals surface area contributed by atoms with Gasteiger partial charge in [-0.1, -0.05) is 43.3 Å². The van der Waals surface area contributed by atoms with Crippen LogP contribution in [0.15, 0.2) is 79.4 Å². The number of hydrogen-bond donors (Lipinski definition) is 0. The van der Waals surface area contributed by atoms with Crippen LogP contribution in [0.1, 0.15) is 30.9 Å². The minimum Gasteiger partial charge on any atom is -0.454 e. The second kappa shape index (κ2) is 8.62. The molecule has 0 aliphatic carbocycles. The third-order valence-corrected chi connectivity index (χ3v) is 5.61. The van der Waals surface area contributed by atoms with E-state index in [9.17, 15) is 4.39 Å². The minimum atomic E-state index is -0.362. The van der Waals surface area contributed by atoms with Crippen LogP contribution in [0.25, 0.3) is 0 Å². The van der Waals surface area contributed by atoms with Gasteiger partial charge in [0.2, 0.25) is 6.79 Å². The molecule has 0 bridgehead atoms. The fourth-order valence-corrected chi connectivity index (χ4v) is 3.67. The smallest absolute Gasteiger partial charge is 0.231 e. The highest BCUT2D eigenvalue weighted by Crippen LogP contribution is 2.39. The summed E-state index contributed by atoms with van der Waals surface area (Å²) in [4.78, 5) is 0. The number of allylic oxidation sites excluding steroid dienone is 1. The van der Waals surface area contributed by atoms with E-state index in [4.69, 9.17) is 14.2 Å². The van der Waals surface area contributed by atoms with Gasteiger partial charge < -0.3 is 14.2 Å². The van der Waals surface area contributed by atoms with Gasteiger partial charge in [0.15, 0.2) is 23.1 Å². The molecule has 1 aliphatic rings. The van der Waals surface area contributed by atoms with Crippen molar-refractivity contribution in [2.24, 2.45) is 0 Å². The standard InChI is InChI=1S/C26H25FO3/c1-3-26(2,20-12-14-23-25(17-20)29-18-28-23)15-7-8-19-11-13-22(27)24(16-19)30-21-9-5-4-6-10-21/h3-6,9-14,16-17H,1,7-8,15,18H2,2H3. The minimum absolute atomic E-state index is 0.190. The summed E-state index contributed by atoms with van der Waals surface area (Å²) in [5, 5.41) is 0. The molecule has 3 nitrogen and oxygen atoms in total. The normalized spacial score (nSPS) is 14.2. The molecule has 1 unspecified atom stereocenters. The molecule has 0 radical (unpaired) electrons. The zero-order valence-electron chi connectivity index (χ0n) is 17.1. The van der Waals surface area contributed by atoms with Gasteiger partial charge in [0.05, 0.1) is 0 Å². The predicted molar refractivity (Wildman–Crippen MR) is 116 cm³/mol. The topological polar surface area (TPSA) is 27.7 Å². The van der Waals surface area contributed by atoms with Crippen molar-refractivity contribution in [2.45, 2.75) is 31.6 Å². The lowest BCUT2D eigenvalue weighted by molar-refractivity contribution is 0.174. The molecule has 3 aromatic rings. The first kappa shape index (κ1) is 20.0. The van der Waals surface area contributed by atoms with Gasteiger partial charge in [0, 0.05) is 5.41 Å². The number of benzene rings is 3. The van der Waals surface area contributed by atoms with E-state index in [-0.39, 0.29) is 23.8 Å². The molecule has 0 amide bonds. The maximum absolute atomic E-state index is 14.2. The van der Waals surface area contributed by atoms with E-state index in [1.807, 2.05) is 54.6 Å². The SMILES string of the molecule is C=CC(C)(CCCc1ccc(F)c(Oc2ccccc2)c1)c1ccc2c(c1)OCO2. The monoisotopic (exact) mass is 404 g/mol. The van der Waals surface area contributed by atoms with Gasteiger partial charge in [-0.3, -0.25) is 0 Å². The van der Waals surface area contributed by atoms with Crippen LogP contribution in [-0.2, 0) is 11.8 Å². The predicted octanol–water partition coefficient (Wildman–Crippen LogP) is 6.81. The summed E-state index contributed by atoms with van der Waals surface area (Å²) in [6.45, 7) is 6.50. The number of para-hydroxylation sites is 1. The first-order valence-electron chi connectivity index (χ1n) is 10.1. The Hall–Kier alpha value is -3.27. The Labute approximate surface area is 176 Å². The fraction of sp³-hybridized carbons (Fsp3) is 0.231. The average molecular weight is 404 g/mol. The van der Waals surface area contributed by atoms with E-state index in [1.54, 1.807) is 6.07 Å². The Morgan fingerprint density at radius 2 is 1.83 bits per heavy atom. The molecule has 0 saturated heterocycles. The molecule has 0 aromatic heterocycles. The summed E-state index contributed by atoms with van der Waals surface area (Å²) in [6.07, 6.45) is 4.63. The number of fused-ring (bicyclic) bond motifs is 1. The van der Waals surface area contributed by atoms with Crippen molar-refractivity contribution >= 4 is 0 Å². The number of halogens is 1. The molecule has 0 spiro atoms. The lowest BCUT2D eigenvalue weighted by Gasteiger charge is -2.26. The summed E-state index contributed by atoms with van der Waals surface area (Å²) in [5.41, 5.74) is 2.00. The first-order valence-corrected chi connectivity index (χ1v) is 10.1. The second-order valence-corrected chi connectivity index (χ2v) is 7.72. The Balaban J connectivity index is 1.42. The Bertz CT molecular complexity index is 1030. The van der Waals surface area contributed by atoms with Crippen molar-refractivity contribution in [3.8, 4) is 23.0 Å². The van der Waals surface area contributed by atoms with Crippen molar-refractivity contribution in [3.05, 3.63) is 96.3 Å². The molecule has 1 heterocycles. The highest BCUT2D eigenvalue weighted by molar-refractivity contribution is 5.47. The summed E-state index contributed by atoms with van der Waals surface area (Å²) in [6, 6.07) is 20.4. The van der Waals surface area contributed by atoms with Crippen molar-refractivity contribution in [1.82, 2.24) is 0 Å². The third-order valence-electron chi connectivity index (χ3n) is 5.61. The van der Waals surface area contributed by atoms with E-state index in [2.05, 4.69) is 19.6 Å². The maximum Gasteiger partial charge on any atom is 0.231 e. The number of hydrogen-bond acceptors (Lipinski definition) is 3. The zero-order chi connectivity index (χ0) is 21.0. The number of rotatable bonds is 8. The lowest BCUT2D eigenvalue weighted by atomic mass is 9.78. The van der Waals surface area contributed by atoms with Gasteiger partial charge in [-0.15, -0.1) is 6.58 Å². The van der Waals surface area contributed by atoms with Crippen LogP contribution in [0, 0.1) is 5.82 Å². The number of aryl methyl sites for hydroxylation is 1. The molecule has 1 atom stereocenters. The molecular weight excluding hydrogens is 379 g/mol. The first-order chi connectivity index (χ1) is 14.6. The fourth-order valence-electron chi connectivity index (χ4n) is 3.67. The molecule has 4 heteroatoms. The molecule has 4 rings (SSSR count). The number of ether oxygens (including phenoxy) is 3. The highest BCUT2D eigenvalue weighted by Gasteiger charge is 2.25. The van der Waals surface area contributed by atoms with Gasteiger partial charge in [-0.25, -0.2) is 4.39 Å². The van der Waals surface area contributed by atoms with Gasteiger partial charge in [0.25, 0.3) is 0 Å². The van der Waals surface area contributed by atoms with Crippen LogP contribution in [0.3, 0.4) is 0 Å². The molecule has 1 aliphatic heterocycles. The van der Waals surface area contributed by atoms with E-state index >= 15 is 0 Å². The van der Waals surface area contributed by atoms with E-state index in [0.717, 1.165) is 41.9 Å². The van der Waals surface area contributed by atoms with E-state index in [1.165, 1.54) is 6.07 Å². The largest absolute Gasteiger partial charge is 0.454 e. The molecule has 3 aromatic carbocycles. The van der Waals surface area contributed by atoms with Crippen LogP contribution in [0.4, 0.5) is 4.39 Å². The van der Waals surface area contributed by atoms with Crippen LogP contribution in [0.5, 0.6) is 23.0 Å². The second-order valence-electron chi connectivity index (χ2n) is 7.72. The molecule has 0 N–H and O–H groups in total. The van der Waals surface area contributed by atoms with E-state index < -0.39 is 0 Å². The lowest BCUT2D eigenvalue weighted by Crippen LogP contribution is -2.18. The Morgan fingerprint density at radius 3 is 2.63 bits per heavy atom. The Morgan fingerprint density at radius 1 is 1.03 bits per heavy atom. The third kappa shape index (κ3) is 4.33. The summed E-state index contributed by atoms with van der Waals surface area (Å²) >= 11 is 0. The summed E-state index contributed by atoms with van der Waals surface area (Å²) in [5.74, 6) is 2.07. The van der Waals surface area contributed by atoms with Gasteiger partial charge in [-0.05, 0) is 66.8 Å². The van der Waals surface area contributed by atoms with Crippen LogP contribution >= 0.6 is 0 Å². The van der Waals surface area contributed by atoms with Crippen LogP contribution < -0.4 is 14.2 Å². The molecule has 30 heavy (non-hydrogen) atoms. The van der Waals surface area contributed by atoms with Crippen molar-refractivity contribution in [1.29, 1.82) is 0 Å². The van der Waals surface area contributed by atoms with Gasteiger partial charge in [-0.2, -0.15) is 0 Å². The Kier molecular flexibility index (Phi) is 5.75.